The van der Waals surface area contributed by atoms with Crippen LogP contribution in [0.15, 0.2) is 0 Å². The number of halogens is 3. The van der Waals surface area contributed by atoms with E-state index in [2.05, 4.69) is 4.90 Å². The number of alkyl halides is 1. The zero-order valence-corrected chi connectivity index (χ0v) is 12.2. The maximum Gasteiger partial charge on any atom is 0.134 e. The van der Waals surface area contributed by atoms with Gasteiger partial charge in [0.05, 0.1) is 20.3 Å². The number of quaternary nitrogens is 1. The van der Waals surface area contributed by atoms with Crippen molar-refractivity contribution in [3.63, 3.8) is 0 Å². The fraction of sp³-hybridized carbons (Fsp3) is 1.00. The lowest BCUT2D eigenvalue weighted by molar-refractivity contribution is -0.919. The maximum absolute atomic E-state index is 8.93. The Labute approximate surface area is 116 Å². The molecule has 0 aromatic heterocycles. The van der Waals surface area contributed by atoms with Crippen LogP contribution in [0, 0.1) is 0 Å². The minimum absolute atomic E-state index is 0. The summed E-state index contributed by atoms with van der Waals surface area (Å²) in [6.45, 7) is 3.23. The van der Waals surface area contributed by atoms with Crippen LogP contribution >= 0.6 is 24.0 Å². The number of rotatable bonds is 8. The summed E-state index contributed by atoms with van der Waals surface area (Å²) >= 11 is 5.63. The molecule has 2 N–H and O–H groups in total. The first-order valence-corrected chi connectivity index (χ1v) is 5.41. The molecule has 0 amide bonds. The molecule has 0 bridgehead atoms. The van der Waals surface area contributed by atoms with Crippen LogP contribution in [0.25, 0.3) is 0 Å². The van der Waals surface area contributed by atoms with Gasteiger partial charge in [-0.1, -0.05) is 0 Å². The number of aliphatic hydroxyl groups excluding tert-OH is 2. The van der Waals surface area contributed by atoms with Gasteiger partial charge in [-0.3, -0.25) is 4.90 Å². The summed E-state index contributed by atoms with van der Waals surface area (Å²) in [7, 11) is 4.02. The highest BCUT2D eigenvalue weighted by atomic mass is 35.5. The summed E-state index contributed by atoms with van der Waals surface area (Å²) < 4.78 is 0.653. The van der Waals surface area contributed by atoms with Gasteiger partial charge in [-0.15, -0.1) is 24.0 Å². The van der Waals surface area contributed by atoms with Gasteiger partial charge in [0.15, 0.2) is 0 Å². The van der Waals surface area contributed by atoms with Gasteiger partial charge in [-0.2, -0.15) is 0 Å². The van der Waals surface area contributed by atoms with Crippen LogP contribution < -0.4 is 12.4 Å². The van der Waals surface area contributed by atoms with E-state index in [1.807, 2.05) is 14.1 Å². The summed E-state index contributed by atoms with van der Waals surface area (Å²) in [5, 5.41) is 17.9. The van der Waals surface area contributed by atoms with Gasteiger partial charge in [-0.05, 0) is 7.05 Å². The maximum atomic E-state index is 8.93. The monoisotopic (exact) mass is 296 g/mol. The van der Waals surface area contributed by atoms with E-state index in [1.54, 1.807) is 0 Å². The smallest absolute Gasteiger partial charge is 0.134 e. The second-order valence-electron chi connectivity index (χ2n) is 3.92. The molecule has 7 heteroatoms. The van der Waals surface area contributed by atoms with E-state index in [-0.39, 0.29) is 38.0 Å². The SMILES string of the molecule is CN(CCCl)C[N+](C)(CCO)CCO.Cl.[Cl-]. The average Bonchev–Trinajstić information content (AvgIpc) is 2.04. The predicted octanol–water partition coefficient (Wildman–Crippen LogP) is -3.03. The van der Waals surface area contributed by atoms with E-state index >= 15 is 0 Å². The fourth-order valence-corrected chi connectivity index (χ4v) is 1.82. The standard InChI is InChI=1S/C9H22ClN2O2.2ClH/c1-11(4-3-10)9-12(2,5-7-13)6-8-14;;/h13-14H,3-9H2,1-2H3;2*1H/q+1;;/p-1. The zero-order valence-electron chi connectivity index (χ0n) is 9.90. The summed E-state index contributed by atoms with van der Waals surface area (Å²) in [5.74, 6) is 0.606. The van der Waals surface area contributed by atoms with Gasteiger partial charge < -0.3 is 27.1 Å². The molecule has 0 saturated heterocycles. The van der Waals surface area contributed by atoms with Gasteiger partial charge in [0.1, 0.15) is 19.8 Å². The molecule has 0 aromatic rings. The van der Waals surface area contributed by atoms with E-state index in [0.29, 0.717) is 23.5 Å². The Balaban J connectivity index is -0.000000845. The second kappa shape index (κ2) is 12.2. The van der Waals surface area contributed by atoms with Crippen molar-refractivity contribution in [2.24, 2.45) is 0 Å². The van der Waals surface area contributed by atoms with Crippen molar-refractivity contribution in [3.05, 3.63) is 0 Å². The van der Waals surface area contributed by atoms with Crippen LogP contribution in [-0.4, -0.2) is 79.1 Å². The van der Waals surface area contributed by atoms with Gasteiger partial charge in [0.25, 0.3) is 0 Å². The number of likely N-dealkylation sites (N-methyl/N-ethyl adjacent to an activating group) is 1. The Morgan fingerprint density at radius 1 is 1.19 bits per heavy atom. The largest absolute Gasteiger partial charge is 1.00 e. The third-order valence-electron chi connectivity index (χ3n) is 2.33. The molecule has 0 spiro atoms. The van der Waals surface area contributed by atoms with Crippen LogP contribution in [0.2, 0.25) is 0 Å². The molecule has 0 radical (unpaired) electrons. The summed E-state index contributed by atoms with van der Waals surface area (Å²) in [6.07, 6.45) is 0. The third kappa shape index (κ3) is 9.90. The van der Waals surface area contributed by atoms with E-state index < -0.39 is 0 Å². The fourth-order valence-electron chi connectivity index (χ4n) is 1.53. The number of hydrogen-bond acceptors (Lipinski definition) is 3. The van der Waals surface area contributed by atoms with Crippen molar-refractivity contribution >= 4 is 24.0 Å². The van der Waals surface area contributed by atoms with Crippen LogP contribution in [0.3, 0.4) is 0 Å². The minimum Gasteiger partial charge on any atom is -1.00 e. The van der Waals surface area contributed by atoms with Crippen LogP contribution in [0.1, 0.15) is 0 Å². The Morgan fingerprint density at radius 3 is 1.94 bits per heavy atom. The molecule has 0 saturated carbocycles. The first-order valence-electron chi connectivity index (χ1n) is 4.88. The minimum atomic E-state index is 0. The van der Waals surface area contributed by atoms with E-state index in [9.17, 15) is 0 Å². The normalized spacial score (nSPS) is 10.9. The zero-order chi connectivity index (χ0) is 11.0. The highest BCUT2D eigenvalue weighted by Gasteiger charge is 2.21. The van der Waals surface area contributed by atoms with Crippen molar-refractivity contribution in [3.8, 4) is 0 Å². The molecule has 0 atom stereocenters. The topological polar surface area (TPSA) is 43.7 Å². The average molecular weight is 298 g/mol. The molecular formula is C9H23Cl3N2O2. The van der Waals surface area contributed by atoms with Crippen LogP contribution in [0.5, 0.6) is 0 Å². The molecule has 0 unspecified atom stereocenters. The molecule has 0 heterocycles. The first-order chi connectivity index (χ1) is 6.58. The Bertz CT molecular complexity index is 147. The molecule has 16 heavy (non-hydrogen) atoms. The van der Waals surface area contributed by atoms with Crippen molar-refractivity contribution in [1.29, 1.82) is 0 Å². The molecule has 0 rings (SSSR count). The van der Waals surface area contributed by atoms with Crippen LogP contribution in [-0.2, 0) is 0 Å². The lowest BCUT2D eigenvalue weighted by Gasteiger charge is -2.36. The van der Waals surface area contributed by atoms with Gasteiger partial charge in [0.2, 0.25) is 0 Å². The third-order valence-corrected chi connectivity index (χ3v) is 2.50. The number of aliphatic hydroxyl groups is 2. The van der Waals surface area contributed by atoms with Gasteiger partial charge >= 0.3 is 0 Å². The second-order valence-corrected chi connectivity index (χ2v) is 4.30. The lowest BCUT2D eigenvalue weighted by Crippen LogP contribution is -3.00. The molecule has 0 aliphatic carbocycles. The van der Waals surface area contributed by atoms with Gasteiger partial charge in [-0.25, -0.2) is 0 Å². The van der Waals surface area contributed by atoms with E-state index in [0.717, 1.165) is 13.2 Å². The number of hydrogen-bond donors (Lipinski definition) is 2. The van der Waals surface area contributed by atoms with Crippen molar-refractivity contribution in [2.75, 3.05) is 59.5 Å². The molecule has 0 aliphatic heterocycles. The van der Waals surface area contributed by atoms with Crippen molar-refractivity contribution < 1.29 is 27.1 Å². The Morgan fingerprint density at radius 2 is 1.62 bits per heavy atom. The molecule has 0 aliphatic rings. The van der Waals surface area contributed by atoms with Crippen molar-refractivity contribution in [2.45, 2.75) is 0 Å². The predicted molar refractivity (Wildman–Crippen MR) is 65.6 cm³/mol. The Kier molecular flexibility index (Phi) is 16.7. The molecule has 0 aromatic carbocycles. The molecular weight excluding hydrogens is 274 g/mol. The Hall–Kier alpha value is 0.710. The van der Waals surface area contributed by atoms with Crippen LogP contribution in [0.4, 0.5) is 0 Å². The van der Waals surface area contributed by atoms with E-state index in [4.69, 9.17) is 21.8 Å². The molecule has 4 nitrogen and oxygen atoms in total. The van der Waals surface area contributed by atoms with E-state index in [1.165, 1.54) is 0 Å². The first kappa shape index (κ1) is 21.9. The lowest BCUT2D eigenvalue weighted by atomic mass is 10.4. The summed E-state index contributed by atoms with van der Waals surface area (Å²) in [5.41, 5.74) is 0. The quantitative estimate of drug-likeness (QED) is 0.285. The number of nitrogens with zero attached hydrogens (tertiary/aromatic N) is 2. The van der Waals surface area contributed by atoms with Gasteiger partial charge in [0, 0.05) is 12.4 Å². The summed E-state index contributed by atoms with van der Waals surface area (Å²) in [4.78, 5) is 2.11. The summed E-state index contributed by atoms with van der Waals surface area (Å²) in [6, 6.07) is 0. The highest BCUT2D eigenvalue weighted by molar-refractivity contribution is 6.18. The van der Waals surface area contributed by atoms with Crippen molar-refractivity contribution in [1.82, 2.24) is 4.90 Å². The molecule has 0 fully saturated rings. The molecule has 102 valence electrons. The highest BCUT2D eigenvalue weighted by Crippen LogP contribution is 2.03.